The van der Waals surface area contributed by atoms with Crippen molar-refractivity contribution >= 4 is 5.91 Å². The minimum absolute atomic E-state index is 0.287. The molecule has 1 aromatic heterocycles. The molecule has 0 radical (unpaired) electrons. The molecule has 3 rings (SSSR count). The molecule has 2 heterocycles. The fourth-order valence-corrected chi connectivity index (χ4v) is 4.16. The molecule has 25 heavy (non-hydrogen) atoms. The number of pyridine rings is 1. The maximum Gasteiger partial charge on any atom is 0.237 e. The summed E-state index contributed by atoms with van der Waals surface area (Å²) in [5.74, 6) is 0.287. The molecule has 1 aliphatic carbocycles. The Labute approximate surface area is 152 Å². The molecular formula is C20H32N4O. The molecule has 2 aliphatic rings. The van der Waals surface area contributed by atoms with Crippen LogP contribution in [0.25, 0.3) is 0 Å². The van der Waals surface area contributed by atoms with Crippen LogP contribution in [0.5, 0.6) is 0 Å². The van der Waals surface area contributed by atoms with Crippen LogP contribution < -0.4 is 0 Å². The van der Waals surface area contributed by atoms with Crippen LogP contribution in [0.15, 0.2) is 24.5 Å². The lowest BCUT2D eigenvalue weighted by molar-refractivity contribution is -0.136. The maximum atomic E-state index is 13.1. The van der Waals surface area contributed by atoms with Gasteiger partial charge in [0.1, 0.15) is 0 Å². The van der Waals surface area contributed by atoms with Gasteiger partial charge in [-0.2, -0.15) is 0 Å². The molecule has 1 amide bonds. The Morgan fingerprint density at radius 2 is 2.00 bits per heavy atom. The highest BCUT2D eigenvalue weighted by Gasteiger charge is 2.30. The Morgan fingerprint density at radius 3 is 2.64 bits per heavy atom. The number of rotatable bonds is 6. The van der Waals surface area contributed by atoms with Crippen LogP contribution >= 0.6 is 0 Å². The topological polar surface area (TPSA) is 39.7 Å². The highest BCUT2D eigenvalue weighted by Crippen LogP contribution is 2.25. The summed E-state index contributed by atoms with van der Waals surface area (Å²) in [5.41, 5.74) is 1.13. The zero-order valence-corrected chi connectivity index (χ0v) is 15.7. The first-order valence-corrected chi connectivity index (χ1v) is 9.70. The van der Waals surface area contributed by atoms with Gasteiger partial charge in [-0.3, -0.25) is 14.7 Å². The largest absolute Gasteiger partial charge is 0.334 e. The van der Waals surface area contributed by atoms with Gasteiger partial charge in [0.05, 0.1) is 6.54 Å². The van der Waals surface area contributed by atoms with Gasteiger partial charge in [-0.05, 0) is 45.0 Å². The van der Waals surface area contributed by atoms with Crippen molar-refractivity contribution in [3.05, 3.63) is 30.1 Å². The van der Waals surface area contributed by atoms with E-state index in [1.54, 1.807) is 6.20 Å². The quantitative estimate of drug-likeness (QED) is 0.794. The first-order valence-electron chi connectivity index (χ1n) is 9.70. The number of likely N-dealkylation sites (tertiary alicyclic amines) is 1. The number of aromatic nitrogens is 1. The van der Waals surface area contributed by atoms with Crippen molar-refractivity contribution in [2.24, 2.45) is 0 Å². The van der Waals surface area contributed by atoms with Crippen molar-refractivity contribution < 1.29 is 4.79 Å². The molecule has 1 aromatic rings. The smallest absolute Gasteiger partial charge is 0.237 e. The van der Waals surface area contributed by atoms with Crippen LogP contribution in [-0.2, 0) is 11.3 Å². The number of hydrogen-bond donors (Lipinski definition) is 0. The predicted octanol–water partition coefficient (Wildman–Crippen LogP) is 2.38. The molecular weight excluding hydrogens is 312 g/mol. The average Bonchev–Trinajstić information content (AvgIpc) is 3.10. The van der Waals surface area contributed by atoms with Crippen molar-refractivity contribution in [3.63, 3.8) is 0 Å². The lowest BCUT2D eigenvalue weighted by atomic mass is 9.93. The average molecular weight is 345 g/mol. The van der Waals surface area contributed by atoms with Gasteiger partial charge in [-0.25, -0.2) is 0 Å². The summed E-state index contributed by atoms with van der Waals surface area (Å²) in [4.78, 5) is 24.1. The Morgan fingerprint density at radius 1 is 1.20 bits per heavy atom. The first kappa shape index (κ1) is 18.3. The van der Waals surface area contributed by atoms with E-state index in [2.05, 4.69) is 39.8 Å². The molecule has 0 N–H and O–H groups in total. The zero-order chi connectivity index (χ0) is 17.6. The standard InChI is InChI=1S/C20H32N4O/c1-22(2)19-10-12-23(15-19)16-20(25)24(18-8-4-3-5-9-18)14-17-7-6-11-21-13-17/h6-7,11,13,18-19H,3-5,8-10,12,14-16H2,1-2H3. The zero-order valence-electron chi connectivity index (χ0n) is 15.7. The summed E-state index contributed by atoms with van der Waals surface area (Å²) in [6.07, 6.45) is 10.9. The summed E-state index contributed by atoms with van der Waals surface area (Å²) in [7, 11) is 4.26. The molecule has 0 aromatic carbocycles. The van der Waals surface area contributed by atoms with Crippen molar-refractivity contribution in [3.8, 4) is 0 Å². The molecule has 1 unspecified atom stereocenters. The van der Waals surface area contributed by atoms with Gasteiger partial charge in [0.2, 0.25) is 5.91 Å². The molecule has 1 atom stereocenters. The van der Waals surface area contributed by atoms with E-state index in [-0.39, 0.29) is 5.91 Å². The van der Waals surface area contributed by atoms with E-state index in [4.69, 9.17) is 0 Å². The summed E-state index contributed by atoms with van der Waals surface area (Å²) < 4.78 is 0. The Hall–Kier alpha value is -1.46. The van der Waals surface area contributed by atoms with Crippen LogP contribution in [0.2, 0.25) is 0 Å². The molecule has 0 bridgehead atoms. The minimum atomic E-state index is 0.287. The van der Waals surface area contributed by atoms with Crippen molar-refractivity contribution in [1.82, 2.24) is 19.7 Å². The summed E-state index contributed by atoms with van der Waals surface area (Å²) in [6, 6.07) is 5.01. The second kappa shape index (κ2) is 8.77. The maximum absolute atomic E-state index is 13.1. The van der Waals surface area contributed by atoms with Gasteiger partial charge in [0.25, 0.3) is 0 Å². The van der Waals surface area contributed by atoms with Crippen molar-refractivity contribution in [1.29, 1.82) is 0 Å². The fourth-order valence-electron chi connectivity index (χ4n) is 4.16. The van der Waals surface area contributed by atoms with E-state index >= 15 is 0 Å². The van der Waals surface area contributed by atoms with Gasteiger partial charge in [0.15, 0.2) is 0 Å². The minimum Gasteiger partial charge on any atom is -0.334 e. The van der Waals surface area contributed by atoms with Crippen molar-refractivity contribution in [2.45, 2.75) is 57.2 Å². The fraction of sp³-hybridized carbons (Fsp3) is 0.700. The number of amides is 1. The van der Waals surface area contributed by atoms with Gasteiger partial charge in [-0.1, -0.05) is 25.3 Å². The second-order valence-corrected chi connectivity index (χ2v) is 7.82. The van der Waals surface area contributed by atoms with E-state index < -0.39 is 0 Å². The third kappa shape index (κ3) is 5.02. The van der Waals surface area contributed by atoms with E-state index in [1.165, 1.54) is 19.3 Å². The third-order valence-electron chi connectivity index (χ3n) is 5.75. The number of carbonyl (C=O) groups excluding carboxylic acids is 1. The monoisotopic (exact) mass is 344 g/mol. The number of nitrogens with zero attached hydrogens (tertiary/aromatic N) is 4. The Bertz CT molecular complexity index is 542. The lowest BCUT2D eigenvalue weighted by Crippen LogP contribution is -2.46. The molecule has 5 heteroatoms. The molecule has 1 saturated carbocycles. The summed E-state index contributed by atoms with van der Waals surface area (Å²) in [5, 5.41) is 0. The number of hydrogen-bond acceptors (Lipinski definition) is 4. The molecule has 138 valence electrons. The molecule has 1 saturated heterocycles. The Kier molecular flexibility index (Phi) is 6.43. The highest BCUT2D eigenvalue weighted by molar-refractivity contribution is 5.78. The van der Waals surface area contributed by atoms with E-state index in [0.717, 1.165) is 37.9 Å². The SMILES string of the molecule is CN(C)C1CCN(CC(=O)N(Cc2cccnc2)C2CCCCC2)C1. The first-order chi connectivity index (χ1) is 12.1. The number of carbonyl (C=O) groups is 1. The van der Waals surface area contributed by atoms with Crippen LogP contribution in [0.4, 0.5) is 0 Å². The molecule has 2 fully saturated rings. The Balaban J connectivity index is 1.64. The lowest BCUT2D eigenvalue weighted by Gasteiger charge is -2.35. The van der Waals surface area contributed by atoms with Crippen molar-refractivity contribution in [2.75, 3.05) is 33.7 Å². The van der Waals surface area contributed by atoms with E-state index in [0.29, 0.717) is 25.2 Å². The van der Waals surface area contributed by atoms with Crippen LogP contribution in [0, 0.1) is 0 Å². The van der Waals surface area contributed by atoms with E-state index in [9.17, 15) is 4.79 Å². The van der Waals surface area contributed by atoms with E-state index in [1.807, 2.05) is 12.3 Å². The van der Waals surface area contributed by atoms with Crippen LogP contribution in [0.3, 0.4) is 0 Å². The predicted molar refractivity (Wildman–Crippen MR) is 100 cm³/mol. The third-order valence-corrected chi connectivity index (χ3v) is 5.75. The van der Waals surface area contributed by atoms with Gasteiger partial charge >= 0.3 is 0 Å². The molecule has 5 nitrogen and oxygen atoms in total. The van der Waals surface area contributed by atoms with Gasteiger partial charge in [-0.15, -0.1) is 0 Å². The molecule has 0 spiro atoms. The van der Waals surface area contributed by atoms with Gasteiger partial charge < -0.3 is 9.80 Å². The number of likely N-dealkylation sites (N-methyl/N-ethyl adjacent to an activating group) is 1. The normalized spacial score (nSPS) is 22.4. The second-order valence-electron chi connectivity index (χ2n) is 7.82. The molecule has 1 aliphatic heterocycles. The summed E-state index contributed by atoms with van der Waals surface area (Å²) in [6.45, 7) is 3.29. The van der Waals surface area contributed by atoms with Crippen LogP contribution in [-0.4, -0.2) is 71.4 Å². The summed E-state index contributed by atoms with van der Waals surface area (Å²) >= 11 is 0. The van der Waals surface area contributed by atoms with Crippen LogP contribution in [0.1, 0.15) is 44.1 Å². The highest BCUT2D eigenvalue weighted by atomic mass is 16.2. The van der Waals surface area contributed by atoms with Gasteiger partial charge in [0, 0.05) is 44.1 Å².